The summed E-state index contributed by atoms with van der Waals surface area (Å²) in [7, 11) is -3.58. The molecular formula is C12H18N2O3S. The lowest BCUT2D eigenvalue weighted by Crippen LogP contribution is -2.44. The predicted molar refractivity (Wildman–Crippen MR) is 69.4 cm³/mol. The number of rotatable bonds is 3. The van der Waals surface area contributed by atoms with Crippen LogP contribution in [-0.2, 0) is 10.0 Å². The Hall–Kier alpha value is -1.11. The molecule has 2 rings (SSSR count). The van der Waals surface area contributed by atoms with Gasteiger partial charge in [-0.2, -0.15) is 0 Å². The average Bonchev–Trinajstić information content (AvgIpc) is 2.32. The lowest BCUT2D eigenvalue weighted by Gasteiger charge is -2.28. The average molecular weight is 270 g/mol. The van der Waals surface area contributed by atoms with Gasteiger partial charge in [0, 0.05) is 11.7 Å². The van der Waals surface area contributed by atoms with Gasteiger partial charge in [-0.15, -0.1) is 0 Å². The van der Waals surface area contributed by atoms with Crippen LogP contribution in [0.4, 0.5) is 5.69 Å². The van der Waals surface area contributed by atoms with Gasteiger partial charge in [-0.05, 0) is 37.1 Å². The Labute approximate surface area is 107 Å². The molecule has 0 heterocycles. The summed E-state index contributed by atoms with van der Waals surface area (Å²) in [5, 5.41) is 9.78. The molecule has 0 unspecified atom stereocenters. The second-order valence-electron chi connectivity index (χ2n) is 4.65. The fourth-order valence-corrected chi connectivity index (χ4v) is 3.47. The third-order valence-corrected chi connectivity index (χ3v) is 4.73. The maximum absolute atomic E-state index is 12.1. The van der Waals surface area contributed by atoms with Gasteiger partial charge in [0.25, 0.3) is 0 Å². The van der Waals surface area contributed by atoms with Gasteiger partial charge in [-0.25, -0.2) is 13.1 Å². The summed E-state index contributed by atoms with van der Waals surface area (Å²) in [6.07, 6.45) is 2.61. The largest absolute Gasteiger partial charge is 0.399 e. The molecule has 0 spiro atoms. The minimum absolute atomic E-state index is 0.175. The number of anilines is 1. The molecule has 1 saturated carbocycles. The van der Waals surface area contributed by atoms with Gasteiger partial charge in [-0.3, -0.25) is 0 Å². The van der Waals surface area contributed by atoms with Gasteiger partial charge < -0.3 is 10.8 Å². The van der Waals surface area contributed by atoms with E-state index in [1.807, 2.05) is 0 Å². The molecule has 4 N–H and O–H groups in total. The van der Waals surface area contributed by atoms with Crippen LogP contribution in [0.25, 0.3) is 0 Å². The van der Waals surface area contributed by atoms with Crippen molar-refractivity contribution in [3.8, 4) is 0 Å². The van der Waals surface area contributed by atoms with E-state index in [2.05, 4.69) is 4.72 Å². The first-order valence-corrected chi connectivity index (χ1v) is 7.53. The molecule has 5 nitrogen and oxygen atoms in total. The molecule has 18 heavy (non-hydrogen) atoms. The van der Waals surface area contributed by atoms with Crippen LogP contribution in [-0.4, -0.2) is 25.7 Å². The van der Waals surface area contributed by atoms with Crippen molar-refractivity contribution in [3.05, 3.63) is 24.3 Å². The molecular weight excluding hydrogens is 252 g/mol. The van der Waals surface area contributed by atoms with Crippen LogP contribution in [0.5, 0.6) is 0 Å². The molecule has 0 amide bonds. The molecule has 100 valence electrons. The first-order chi connectivity index (χ1) is 8.49. The molecule has 0 radical (unpaired) electrons. The molecule has 1 aliphatic carbocycles. The number of nitrogen functional groups attached to an aromatic ring is 1. The predicted octanol–water partition coefficient (Wildman–Crippen LogP) is 0.851. The van der Waals surface area contributed by atoms with E-state index in [1.54, 1.807) is 12.1 Å². The van der Waals surface area contributed by atoms with Crippen molar-refractivity contribution >= 4 is 15.7 Å². The highest BCUT2D eigenvalue weighted by atomic mass is 32.2. The zero-order valence-corrected chi connectivity index (χ0v) is 10.9. The minimum atomic E-state index is -3.58. The van der Waals surface area contributed by atoms with Crippen LogP contribution in [0.15, 0.2) is 29.2 Å². The monoisotopic (exact) mass is 270 g/mol. The van der Waals surface area contributed by atoms with E-state index in [0.29, 0.717) is 18.5 Å². The lowest BCUT2D eigenvalue weighted by atomic mass is 9.93. The summed E-state index contributed by atoms with van der Waals surface area (Å²) in [5.74, 6) is 0. The summed E-state index contributed by atoms with van der Waals surface area (Å²) in [5.41, 5.74) is 6.04. The molecule has 6 heteroatoms. The summed E-state index contributed by atoms with van der Waals surface area (Å²) in [6, 6.07) is 5.64. The molecule has 0 saturated heterocycles. The van der Waals surface area contributed by atoms with Gasteiger partial charge in [0.1, 0.15) is 0 Å². The normalized spacial score (nSPS) is 24.9. The van der Waals surface area contributed by atoms with E-state index in [-0.39, 0.29) is 10.9 Å². The Bertz CT molecular complexity index is 499. The lowest BCUT2D eigenvalue weighted by molar-refractivity contribution is 0.101. The van der Waals surface area contributed by atoms with Crippen molar-refractivity contribution in [2.24, 2.45) is 0 Å². The fraction of sp³-hybridized carbons (Fsp3) is 0.500. The fourth-order valence-electron chi connectivity index (χ4n) is 2.16. The SMILES string of the molecule is Nc1ccc(S(=O)(=O)N[C@@H]2CCCC[C@H]2O)cc1. The quantitative estimate of drug-likeness (QED) is 0.710. The second kappa shape index (κ2) is 5.26. The number of aliphatic hydroxyl groups excluding tert-OH is 1. The molecule has 0 bridgehead atoms. The van der Waals surface area contributed by atoms with Crippen molar-refractivity contribution in [1.29, 1.82) is 0 Å². The zero-order chi connectivity index (χ0) is 13.2. The van der Waals surface area contributed by atoms with Crippen LogP contribution in [0, 0.1) is 0 Å². The first-order valence-electron chi connectivity index (χ1n) is 6.05. The Morgan fingerprint density at radius 3 is 2.39 bits per heavy atom. The van der Waals surface area contributed by atoms with E-state index >= 15 is 0 Å². The second-order valence-corrected chi connectivity index (χ2v) is 6.36. The number of hydrogen-bond acceptors (Lipinski definition) is 4. The van der Waals surface area contributed by atoms with Gasteiger partial charge in [0.2, 0.25) is 10.0 Å². The van der Waals surface area contributed by atoms with Crippen LogP contribution >= 0.6 is 0 Å². The van der Waals surface area contributed by atoms with E-state index in [1.165, 1.54) is 12.1 Å². The smallest absolute Gasteiger partial charge is 0.240 e. The summed E-state index contributed by atoms with van der Waals surface area (Å²) < 4.78 is 26.8. The van der Waals surface area contributed by atoms with Crippen molar-refractivity contribution in [2.45, 2.75) is 42.7 Å². The maximum atomic E-state index is 12.1. The maximum Gasteiger partial charge on any atom is 0.240 e. The number of nitrogens with one attached hydrogen (secondary N) is 1. The standard InChI is InChI=1S/C12H18N2O3S/c13-9-5-7-10(8-6-9)18(16,17)14-11-3-1-2-4-12(11)15/h5-8,11-12,14-15H,1-4,13H2/t11-,12-/m1/s1. The minimum Gasteiger partial charge on any atom is -0.399 e. The van der Waals surface area contributed by atoms with Crippen LogP contribution in [0.2, 0.25) is 0 Å². The summed E-state index contributed by atoms with van der Waals surface area (Å²) >= 11 is 0. The number of aliphatic hydroxyl groups is 1. The molecule has 1 aromatic rings. The van der Waals surface area contributed by atoms with Crippen molar-refractivity contribution in [2.75, 3.05) is 5.73 Å². The Morgan fingerprint density at radius 1 is 1.17 bits per heavy atom. The van der Waals surface area contributed by atoms with E-state index in [4.69, 9.17) is 5.73 Å². The van der Waals surface area contributed by atoms with Crippen LogP contribution < -0.4 is 10.5 Å². The Balaban J connectivity index is 2.13. The number of nitrogens with two attached hydrogens (primary N) is 1. The molecule has 1 aliphatic rings. The van der Waals surface area contributed by atoms with Gasteiger partial charge in [0.15, 0.2) is 0 Å². The third kappa shape index (κ3) is 3.01. The summed E-state index contributed by atoms with van der Waals surface area (Å²) in [6.45, 7) is 0. The highest BCUT2D eigenvalue weighted by Crippen LogP contribution is 2.21. The molecule has 0 aliphatic heterocycles. The molecule has 1 fully saturated rings. The van der Waals surface area contributed by atoms with Crippen LogP contribution in [0.3, 0.4) is 0 Å². The summed E-state index contributed by atoms with van der Waals surface area (Å²) in [4.78, 5) is 0.175. The van der Waals surface area contributed by atoms with Gasteiger partial charge in [0.05, 0.1) is 11.0 Å². The Morgan fingerprint density at radius 2 is 1.78 bits per heavy atom. The highest BCUT2D eigenvalue weighted by molar-refractivity contribution is 7.89. The van der Waals surface area contributed by atoms with Gasteiger partial charge in [-0.1, -0.05) is 12.8 Å². The highest BCUT2D eigenvalue weighted by Gasteiger charge is 2.27. The van der Waals surface area contributed by atoms with E-state index in [9.17, 15) is 13.5 Å². The number of sulfonamides is 1. The van der Waals surface area contributed by atoms with Crippen LogP contribution in [0.1, 0.15) is 25.7 Å². The number of benzene rings is 1. The molecule has 2 atom stereocenters. The van der Waals surface area contributed by atoms with Crippen molar-refractivity contribution in [1.82, 2.24) is 4.72 Å². The van der Waals surface area contributed by atoms with E-state index < -0.39 is 16.1 Å². The number of hydrogen-bond donors (Lipinski definition) is 3. The van der Waals surface area contributed by atoms with Crippen molar-refractivity contribution < 1.29 is 13.5 Å². The first kappa shape index (κ1) is 13.3. The molecule has 1 aromatic carbocycles. The zero-order valence-electron chi connectivity index (χ0n) is 10.0. The topological polar surface area (TPSA) is 92.4 Å². The van der Waals surface area contributed by atoms with Crippen molar-refractivity contribution in [3.63, 3.8) is 0 Å². The Kier molecular flexibility index (Phi) is 3.89. The third-order valence-electron chi connectivity index (χ3n) is 3.23. The molecule has 0 aromatic heterocycles. The van der Waals surface area contributed by atoms with Gasteiger partial charge >= 0.3 is 0 Å². The van der Waals surface area contributed by atoms with E-state index in [0.717, 1.165) is 12.8 Å².